The van der Waals surface area contributed by atoms with Crippen molar-refractivity contribution in [2.45, 2.75) is 19.3 Å². The van der Waals surface area contributed by atoms with Gasteiger partial charge in [0, 0.05) is 31.5 Å². The Morgan fingerprint density at radius 2 is 1.67 bits per heavy atom. The number of aromatic amines is 1. The smallest absolute Gasteiger partial charge is 0.0517 e. The van der Waals surface area contributed by atoms with E-state index in [-0.39, 0.29) is 0 Å². The molecule has 3 rings (SSSR count). The quantitative estimate of drug-likeness (QED) is 0.457. The molecule has 1 aromatic heterocycles. The third-order valence-corrected chi connectivity index (χ3v) is 5.08. The molecule has 2 nitrogen and oxygen atoms in total. The van der Waals surface area contributed by atoms with E-state index in [1.165, 1.54) is 0 Å². The molecule has 2 aromatic carbocycles. The molecule has 0 spiro atoms. The highest BCUT2D eigenvalue weighted by atomic mass is 35.5. The van der Waals surface area contributed by atoms with Gasteiger partial charge < -0.3 is 10.7 Å². The van der Waals surface area contributed by atoms with E-state index in [2.05, 4.69) is 4.98 Å². The van der Waals surface area contributed by atoms with Crippen LogP contribution in [0, 0.1) is 0 Å². The van der Waals surface area contributed by atoms with Crippen LogP contribution in [0.3, 0.4) is 0 Å². The highest BCUT2D eigenvalue weighted by molar-refractivity contribution is 6.39. The molecule has 0 saturated carbocycles. The van der Waals surface area contributed by atoms with E-state index in [0.29, 0.717) is 26.6 Å². The summed E-state index contributed by atoms with van der Waals surface area (Å²) in [6.07, 6.45) is 2.75. The van der Waals surface area contributed by atoms with E-state index < -0.39 is 0 Å². The second-order valence-corrected chi connectivity index (χ2v) is 7.35. The molecule has 6 heteroatoms. The summed E-state index contributed by atoms with van der Waals surface area (Å²) in [6, 6.07) is 9.06. The van der Waals surface area contributed by atoms with Gasteiger partial charge in [-0.05, 0) is 61.7 Å². The summed E-state index contributed by atoms with van der Waals surface area (Å²) in [7, 11) is 0. The second kappa shape index (κ2) is 7.55. The van der Waals surface area contributed by atoms with Gasteiger partial charge in [-0.1, -0.05) is 46.4 Å². The van der Waals surface area contributed by atoms with Crippen LogP contribution in [0.25, 0.3) is 22.2 Å². The summed E-state index contributed by atoms with van der Waals surface area (Å²) in [5.41, 5.74) is 9.42. The number of unbranched alkanes of at least 4 members (excludes halogenated alkanes) is 1. The number of aromatic nitrogens is 1. The molecule has 0 aliphatic heterocycles. The number of H-pyrrole nitrogens is 1. The molecule has 0 unspecified atom stereocenters. The lowest BCUT2D eigenvalue weighted by molar-refractivity contribution is 0.748. The van der Waals surface area contributed by atoms with Crippen LogP contribution < -0.4 is 5.73 Å². The van der Waals surface area contributed by atoms with Gasteiger partial charge in [-0.3, -0.25) is 0 Å². The van der Waals surface area contributed by atoms with Crippen LogP contribution in [0.15, 0.2) is 30.3 Å². The molecule has 0 aliphatic carbocycles. The number of nitrogens with one attached hydrogen (secondary N) is 1. The molecule has 1 heterocycles. The van der Waals surface area contributed by atoms with Gasteiger partial charge in [-0.25, -0.2) is 0 Å². The molecular weight excluding hydrogens is 386 g/mol. The van der Waals surface area contributed by atoms with Crippen LogP contribution in [-0.2, 0) is 6.42 Å². The van der Waals surface area contributed by atoms with Gasteiger partial charge in [-0.15, -0.1) is 0 Å². The summed E-state index contributed by atoms with van der Waals surface area (Å²) in [6.45, 7) is 0.662. The zero-order valence-electron chi connectivity index (χ0n) is 12.8. The maximum atomic E-state index is 6.46. The Labute approximate surface area is 160 Å². The zero-order valence-corrected chi connectivity index (χ0v) is 15.8. The van der Waals surface area contributed by atoms with Crippen LogP contribution in [0.2, 0.25) is 20.1 Å². The maximum Gasteiger partial charge on any atom is 0.0517 e. The lowest BCUT2D eigenvalue weighted by atomic mass is 10.00. The number of hydrogen-bond acceptors (Lipinski definition) is 1. The molecular formula is C18H16Cl4N2. The summed E-state index contributed by atoms with van der Waals surface area (Å²) in [4.78, 5) is 3.41. The normalized spacial score (nSPS) is 11.4. The Balaban J connectivity index is 2.23. The molecule has 0 radical (unpaired) electrons. The monoisotopic (exact) mass is 400 g/mol. The fraction of sp³-hybridized carbons (Fsp3) is 0.222. The SMILES string of the molecule is NCCCCc1c(-c2cc(Cl)ccc2Cl)[nH]c2cc(Cl)cc(Cl)c12. The Morgan fingerprint density at radius 3 is 2.42 bits per heavy atom. The first-order valence-corrected chi connectivity index (χ1v) is 9.17. The second-order valence-electron chi connectivity index (χ2n) is 5.66. The minimum Gasteiger partial charge on any atom is -0.354 e. The van der Waals surface area contributed by atoms with Crippen LogP contribution >= 0.6 is 46.4 Å². The van der Waals surface area contributed by atoms with Gasteiger partial charge in [0.25, 0.3) is 0 Å². The largest absolute Gasteiger partial charge is 0.354 e. The number of fused-ring (bicyclic) bond motifs is 1. The number of aryl methyl sites for hydroxylation is 1. The first-order valence-electron chi connectivity index (χ1n) is 7.66. The standard InChI is InChI=1S/C18H16Cl4N2/c19-10-4-5-14(21)13(7-10)18-12(3-1-2-6-23)17-15(22)8-11(20)9-16(17)24-18/h4-5,7-9,24H,1-3,6,23H2. The number of rotatable bonds is 5. The molecule has 24 heavy (non-hydrogen) atoms. The number of benzene rings is 2. The van der Waals surface area contributed by atoms with Gasteiger partial charge in [0.2, 0.25) is 0 Å². The first kappa shape index (κ1) is 17.9. The molecule has 126 valence electrons. The molecule has 0 saturated heterocycles. The molecule has 3 N–H and O–H groups in total. The molecule has 0 amide bonds. The summed E-state index contributed by atoms with van der Waals surface area (Å²) >= 11 is 25.2. The minimum atomic E-state index is 0.589. The predicted molar refractivity (Wildman–Crippen MR) is 106 cm³/mol. The van der Waals surface area contributed by atoms with Crippen molar-refractivity contribution in [3.05, 3.63) is 56.0 Å². The lowest BCUT2D eigenvalue weighted by Gasteiger charge is -2.08. The van der Waals surface area contributed by atoms with Crippen LogP contribution in [-0.4, -0.2) is 11.5 Å². The Kier molecular flexibility index (Phi) is 5.63. The predicted octanol–water partition coefficient (Wildman–Crippen LogP) is 6.73. The highest BCUT2D eigenvalue weighted by Gasteiger charge is 2.18. The van der Waals surface area contributed by atoms with E-state index in [1.807, 2.05) is 12.1 Å². The van der Waals surface area contributed by atoms with Crippen molar-refractivity contribution in [1.29, 1.82) is 0 Å². The van der Waals surface area contributed by atoms with Crippen molar-refractivity contribution in [1.82, 2.24) is 4.98 Å². The van der Waals surface area contributed by atoms with Gasteiger partial charge in [0.1, 0.15) is 0 Å². The van der Waals surface area contributed by atoms with E-state index >= 15 is 0 Å². The highest BCUT2D eigenvalue weighted by Crippen LogP contribution is 2.40. The average molecular weight is 402 g/mol. The zero-order chi connectivity index (χ0) is 17.3. The minimum absolute atomic E-state index is 0.589. The number of halogens is 4. The van der Waals surface area contributed by atoms with Crippen molar-refractivity contribution < 1.29 is 0 Å². The Morgan fingerprint density at radius 1 is 0.875 bits per heavy atom. The van der Waals surface area contributed by atoms with Gasteiger partial charge in [0.05, 0.1) is 10.7 Å². The van der Waals surface area contributed by atoms with E-state index in [1.54, 1.807) is 18.2 Å². The van der Waals surface area contributed by atoms with Crippen LogP contribution in [0.1, 0.15) is 18.4 Å². The molecule has 0 fully saturated rings. The van der Waals surface area contributed by atoms with Crippen molar-refractivity contribution in [3.63, 3.8) is 0 Å². The van der Waals surface area contributed by atoms with Crippen LogP contribution in [0.5, 0.6) is 0 Å². The topological polar surface area (TPSA) is 41.8 Å². The van der Waals surface area contributed by atoms with Gasteiger partial charge in [-0.2, -0.15) is 0 Å². The third kappa shape index (κ3) is 3.54. The maximum absolute atomic E-state index is 6.46. The Hall–Kier alpha value is -0.900. The average Bonchev–Trinajstić information content (AvgIpc) is 2.88. The van der Waals surface area contributed by atoms with Gasteiger partial charge in [0.15, 0.2) is 0 Å². The fourth-order valence-electron chi connectivity index (χ4n) is 2.93. The lowest BCUT2D eigenvalue weighted by Crippen LogP contribution is -1.99. The van der Waals surface area contributed by atoms with Crippen LogP contribution in [0.4, 0.5) is 0 Å². The van der Waals surface area contributed by atoms with Crippen molar-refractivity contribution in [2.24, 2.45) is 5.73 Å². The molecule has 0 bridgehead atoms. The Bertz CT molecular complexity index is 886. The number of nitrogens with two attached hydrogens (primary N) is 1. The summed E-state index contributed by atoms with van der Waals surface area (Å²) < 4.78 is 0. The van der Waals surface area contributed by atoms with Gasteiger partial charge >= 0.3 is 0 Å². The third-order valence-electron chi connectivity index (χ3n) is 4.00. The summed E-state index contributed by atoms with van der Waals surface area (Å²) in [5, 5.41) is 3.45. The molecule has 0 atom stereocenters. The molecule has 3 aromatic rings. The number of hydrogen-bond donors (Lipinski definition) is 2. The van der Waals surface area contributed by atoms with Crippen molar-refractivity contribution in [3.8, 4) is 11.3 Å². The molecule has 0 aliphatic rings. The van der Waals surface area contributed by atoms with E-state index in [9.17, 15) is 0 Å². The van der Waals surface area contributed by atoms with E-state index in [0.717, 1.165) is 47.0 Å². The van der Waals surface area contributed by atoms with Crippen molar-refractivity contribution >= 4 is 57.3 Å². The summed E-state index contributed by atoms with van der Waals surface area (Å²) in [5.74, 6) is 0. The first-order chi connectivity index (χ1) is 11.5. The van der Waals surface area contributed by atoms with Crippen molar-refractivity contribution in [2.75, 3.05) is 6.54 Å². The van der Waals surface area contributed by atoms with E-state index in [4.69, 9.17) is 52.1 Å². The fourth-order valence-corrected chi connectivity index (χ4v) is 3.92.